The zero-order valence-electron chi connectivity index (χ0n) is 10.5. The summed E-state index contributed by atoms with van der Waals surface area (Å²) in [6, 6.07) is 5.45. The van der Waals surface area contributed by atoms with Gasteiger partial charge in [-0.1, -0.05) is 6.07 Å². The lowest BCUT2D eigenvalue weighted by atomic mass is 10.1. The van der Waals surface area contributed by atoms with Gasteiger partial charge >= 0.3 is 0 Å². The van der Waals surface area contributed by atoms with Gasteiger partial charge in [-0.2, -0.15) is 0 Å². The molecule has 0 aliphatic carbocycles. The molecule has 0 spiro atoms. The van der Waals surface area contributed by atoms with E-state index in [2.05, 4.69) is 9.97 Å². The highest BCUT2D eigenvalue weighted by atomic mass is 35.5. The number of benzene rings is 1. The van der Waals surface area contributed by atoms with E-state index in [1.165, 1.54) is 15.3 Å². The van der Waals surface area contributed by atoms with Gasteiger partial charge in [0.05, 0.1) is 17.3 Å². The van der Waals surface area contributed by atoms with E-state index in [0.717, 1.165) is 10.9 Å². The Morgan fingerprint density at radius 1 is 1.32 bits per heavy atom. The molecule has 0 saturated carbocycles. The van der Waals surface area contributed by atoms with E-state index in [4.69, 9.17) is 11.8 Å². The van der Waals surface area contributed by atoms with Gasteiger partial charge in [-0.15, -0.1) is 0 Å². The van der Waals surface area contributed by atoms with E-state index < -0.39 is 0 Å². The molecule has 0 atom stereocenters. The average molecular weight is 275 g/mol. The second-order valence-electron chi connectivity index (χ2n) is 4.44. The summed E-state index contributed by atoms with van der Waals surface area (Å²) in [4.78, 5) is 22.0. The van der Waals surface area contributed by atoms with Gasteiger partial charge in [0.25, 0.3) is 5.91 Å². The van der Waals surface area contributed by atoms with E-state index >= 15 is 0 Å². The number of carbonyl (C=O) groups excluding carboxylic acids is 1. The predicted molar refractivity (Wildman–Crippen MR) is 74.3 cm³/mol. The third-order valence-corrected chi connectivity index (χ3v) is 3.40. The lowest BCUT2D eigenvalue weighted by Crippen LogP contribution is -2.21. The fourth-order valence-corrected chi connectivity index (χ4v) is 2.42. The Bertz CT molecular complexity index is 794. The molecule has 0 aliphatic heterocycles. The first-order chi connectivity index (χ1) is 9.11. The molecule has 96 valence electrons. The van der Waals surface area contributed by atoms with Crippen molar-refractivity contribution in [2.75, 3.05) is 14.1 Å². The molecule has 0 bridgehead atoms. The van der Waals surface area contributed by atoms with Crippen molar-refractivity contribution in [3.8, 4) is 0 Å². The van der Waals surface area contributed by atoms with E-state index in [1.807, 2.05) is 12.1 Å². The van der Waals surface area contributed by atoms with Crippen LogP contribution in [-0.4, -0.2) is 39.0 Å². The molecule has 1 amide bonds. The van der Waals surface area contributed by atoms with E-state index in [-0.39, 0.29) is 5.91 Å². The third-order valence-electron chi connectivity index (χ3n) is 3.03. The molecule has 0 radical (unpaired) electrons. The fraction of sp³-hybridized carbons (Fsp3) is 0.154. The second kappa shape index (κ2) is 4.20. The summed E-state index contributed by atoms with van der Waals surface area (Å²) >= 11 is 6.26. The first-order valence-corrected chi connectivity index (χ1v) is 6.06. The molecule has 0 unspecified atom stereocenters. The maximum Gasteiger partial charge on any atom is 0.254 e. The van der Waals surface area contributed by atoms with Crippen LogP contribution < -0.4 is 0 Å². The van der Waals surface area contributed by atoms with Crippen molar-refractivity contribution in [3.63, 3.8) is 0 Å². The maximum absolute atomic E-state index is 12.2. The van der Waals surface area contributed by atoms with Crippen LogP contribution >= 0.6 is 11.8 Å². The molecule has 3 rings (SSSR count). The highest BCUT2D eigenvalue weighted by Gasteiger charge is 2.18. The number of hydrogen-bond donors (Lipinski definition) is 0. The molecular weight excluding hydrogens is 264 g/mol. The average Bonchev–Trinajstić information content (AvgIpc) is 2.72. The largest absolute Gasteiger partial charge is 0.345 e. The fourth-order valence-electron chi connectivity index (χ4n) is 2.16. The molecule has 0 saturated heterocycles. The van der Waals surface area contributed by atoms with Gasteiger partial charge < -0.3 is 4.90 Å². The van der Waals surface area contributed by atoms with Crippen molar-refractivity contribution in [1.29, 1.82) is 0 Å². The van der Waals surface area contributed by atoms with Gasteiger partial charge in [-0.25, -0.2) is 14.1 Å². The molecule has 6 heteroatoms. The Hall–Kier alpha value is -2.14. The smallest absolute Gasteiger partial charge is 0.254 e. The van der Waals surface area contributed by atoms with Gasteiger partial charge in [-0.05, 0) is 12.1 Å². The number of nitrogens with zero attached hydrogens (tertiary/aromatic N) is 4. The van der Waals surface area contributed by atoms with Crippen molar-refractivity contribution in [3.05, 3.63) is 36.3 Å². The molecule has 0 aliphatic rings. The highest BCUT2D eigenvalue weighted by molar-refractivity contribution is 6.28. The van der Waals surface area contributed by atoms with Crippen LogP contribution in [0.2, 0.25) is 0 Å². The van der Waals surface area contributed by atoms with Crippen molar-refractivity contribution >= 4 is 39.6 Å². The Morgan fingerprint density at radius 3 is 2.84 bits per heavy atom. The van der Waals surface area contributed by atoms with Gasteiger partial charge in [0.15, 0.2) is 0 Å². The molecule has 0 fully saturated rings. The monoisotopic (exact) mass is 274 g/mol. The van der Waals surface area contributed by atoms with Gasteiger partial charge in [0.1, 0.15) is 17.4 Å². The summed E-state index contributed by atoms with van der Waals surface area (Å²) < 4.78 is 1.48. The zero-order valence-corrected chi connectivity index (χ0v) is 11.2. The minimum absolute atomic E-state index is 0.0756. The van der Waals surface area contributed by atoms with Crippen molar-refractivity contribution in [1.82, 2.24) is 19.0 Å². The lowest BCUT2D eigenvalue weighted by Gasteiger charge is -2.11. The standard InChI is InChI=1S/C13H11ClN4O/c1-17(2)13(19)8-4-3-5-9-11(8)12-10(18(9)14)6-15-7-16-12/h3-7H,1-2H3. The summed E-state index contributed by atoms with van der Waals surface area (Å²) in [7, 11) is 3.44. The Balaban J connectivity index is 2.48. The van der Waals surface area contributed by atoms with Gasteiger partial charge in [0, 0.05) is 31.3 Å². The topological polar surface area (TPSA) is 51.0 Å². The van der Waals surface area contributed by atoms with E-state index in [0.29, 0.717) is 16.6 Å². The Morgan fingerprint density at radius 2 is 2.11 bits per heavy atom. The summed E-state index contributed by atoms with van der Waals surface area (Å²) in [5.74, 6) is -0.0756. The van der Waals surface area contributed by atoms with Gasteiger partial charge in [-0.3, -0.25) is 4.79 Å². The summed E-state index contributed by atoms with van der Waals surface area (Å²) in [5, 5.41) is 0.758. The first-order valence-electron chi connectivity index (χ1n) is 5.72. The van der Waals surface area contributed by atoms with Crippen LogP contribution in [0.5, 0.6) is 0 Å². The number of halogens is 1. The molecule has 2 heterocycles. The summed E-state index contributed by atoms with van der Waals surface area (Å²) in [6.07, 6.45) is 3.09. The van der Waals surface area contributed by atoms with Crippen LogP contribution in [0.1, 0.15) is 10.4 Å². The SMILES string of the molecule is CN(C)C(=O)c1cccc2c1c1ncncc1n2Cl. The predicted octanol–water partition coefficient (Wildman–Crippen LogP) is 2.29. The Kier molecular flexibility index (Phi) is 2.64. The quantitative estimate of drug-likeness (QED) is 0.684. The highest BCUT2D eigenvalue weighted by Crippen LogP contribution is 2.30. The van der Waals surface area contributed by atoms with Crippen LogP contribution in [0.4, 0.5) is 0 Å². The lowest BCUT2D eigenvalue weighted by molar-refractivity contribution is 0.0829. The van der Waals surface area contributed by atoms with E-state index in [1.54, 1.807) is 26.4 Å². The second-order valence-corrected chi connectivity index (χ2v) is 4.77. The summed E-state index contributed by atoms with van der Waals surface area (Å²) in [5.41, 5.74) is 2.72. The van der Waals surface area contributed by atoms with E-state index in [9.17, 15) is 4.79 Å². The maximum atomic E-state index is 12.2. The summed E-state index contributed by atoms with van der Waals surface area (Å²) in [6.45, 7) is 0. The molecule has 2 aromatic heterocycles. The van der Waals surface area contributed by atoms with Crippen LogP contribution in [-0.2, 0) is 0 Å². The van der Waals surface area contributed by atoms with Gasteiger partial charge in [0.2, 0.25) is 0 Å². The number of carbonyl (C=O) groups is 1. The third kappa shape index (κ3) is 1.66. The Labute approximate surface area is 114 Å². The van der Waals surface area contributed by atoms with Crippen LogP contribution in [0.15, 0.2) is 30.7 Å². The molecule has 0 N–H and O–H groups in total. The van der Waals surface area contributed by atoms with Crippen molar-refractivity contribution < 1.29 is 4.79 Å². The first kappa shape index (κ1) is 11.9. The molecule has 19 heavy (non-hydrogen) atoms. The number of rotatable bonds is 1. The van der Waals surface area contributed by atoms with Crippen LogP contribution in [0.3, 0.4) is 0 Å². The minimum Gasteiger partial charge on any atom is -0.345 e. The number of fused-ring (bicyclic) bond motifs is 3. The normalized spacial score (nSPS) is 11.1. The number of aromatic nitrogens is 3. The number of hydrogen-bond acceptors (Lipinski definition) is 3. The van der Waals surface area contributed by atoms with Crippen molar-refractivity contribution in [2.45, 2.75) is 0 Å². The van der Waals surface area contributed by atoms with Crippen molar-refractivity contribution in [2.24, 2.45) is 0 Å². The zero-order chi connectivity index (χ0) is 13.6. The minimum atomic E-state index is -0.0756. The van der Waals surface area contributed by atoms with Crippen LogP contribution in [0.25, 0.3) is 21.9 Å². The molecule has 1 aromatic carbocycles. The van der Waals surface area contributed by atoms with Crippen LogP contribution in [0, 0.1) is 0 Å². The molecule has 3 aromatic rings. The molecular formula is C13H11ClN4O. The molecule has 5 nitrogen and oxygen atoms in total. The number of amides is 1.